The molecular formula is C22H17F3N2O3S. The van der Waals surface area contributed by atoms with Crippen LogP contribution in [0.2, 0.25) is 0 Å². The van der Waals surface area contributed by atoms with Crippen molar-refractivity contribution < 1.29 is 27.9 Å². The molecule has 2 N–H and O–H groups in total. The Morgan fingerprint density at radius 3 is 2.32 bits per heavy atom. The zero-order chi connectivity index (χ0) is 22.2. The van der Waals surface area contributed by atoms with E-state index >= 15 is 0 Å². The van der Waals surface area contributed by atoms with Gasteiger partial charge in [0.15, 0.2) is 0 Å². The van der Waals surface area contributed by atoms with Crippen molar-refractivity contribution in [3.05, 3.63) is 81.7 Å². The van der Waals surface area contributed by atoms with Crippen LogP contribution in [0.1, 0.15) is 36.7 Å². The summed E-state index contributed by atoms with van der Waals surface area (Å²) in [6.07, 6.45) is -3.99. The molecule has 0 spiro atoms. The van der Waals surface area contributed by atoms with Gasteiger partial charge in [-0.05, 0) is 48.4 Å². The number of carboxylic acids is 1. The summed E-state index contributed by atoms with van der Waals surface area (Å²) in [5.74, 6) is -1.52. The highest BCUT2D eigenvalue weighted by atomic mass is 32.1. The Labute approximate surface area is 179 Å². The van der Waals surface area contributed by atoms with Crippen molar-refractivity contribution in [3.8, 4) is 0 Å². The molecule has 0 bridgehead atoms. The van der Waals surface area contributed by atoms with Crippen LogP contribution in [0.5, 0.6) is 0 Å². The summed E-state index contributed by atoms with van der Waals surface area (Å²) in [5, 5.41) is 12.7. The van der Waals surface area contributed by atoms with E-state index < -0.39 is 23.6 Å². The molecule has 2 aromatic carbocycles. The number of fused-ring (bicyclic) bond motifs is 1. The Balaban J connectivity index is 1.59. The van der Waals surface area contributed by atoms with Crippen molar-refractivity contribution in [2.24, 2.45) is 0 Å². The first-order valence-corrected chi connectivity index (χ1v) is 10.2. The normalized spacial score (nSPS) is 13.6. The lowest BCUT2D eigenvalue weighted by Crippen LogP contribution is -2.30. The third-order valence-electron chi connectivity index (χ3n) is 5.09. The van der Waals surface area contributed by atoms with Crippen LogP contribution in [0.15, 0.2) is 54.6 Å². The lowest BCUT2D eigenvalue weighted by molar-refractivity contribution is -0.137. The Kier molecular flexibility index (Phi) is 5.45. The van der Waals surface area contributed by atoms with E-state index in [1.165, 1.54) is 23.5 Å². The molecule has 160 valence electrons. The van der Waals surface area contributed by atoms with Crippen LogP contribution in [0.3, 0.4) is 0 Å². The molecule has 3 aromatic rings. The first-order valence-electron chi connectivity index (χ1n) is 9.40. The number of alkyl halides is 3. The number of rotatable bonds is 4. The summed E-state index contributed by atoms with van der Waals surface area (Å²) in [4.78, 5) is 27.1. The molecule has 0 radical (unpaired) electrons. The van der Waals surface area contributed by atoms with Crippen LogP contribution >= 0.6 is 11.3 Å². The largest absolute Gasteiger partial charge is 0.478 e. The predicted octanol–water partition coefficient (Wildman–Crippen LogP) is 5.28. The van der Waals surface area contributed by atoms with E-state index in [0.29, 0.717) is 36.3 Å². The molecule has 0 aliphatic carbocycles. The number of nitrogens with one attached hydrogen (secondary N) is 1. The van der Waals surface area contributed by atoms with Gasteiger partial charge >= 0.3 is 12.1 Å². The van der Waals surface area contributed by atoms with Gasteiger partial charge in [-0.2, -0.15) is 13.2 Å². The van der Waals surface area contributed by atoms with Gasteiger partial charge in [-0.1, -0.05) is 18.2 Å². The fraction of sp³-hybridized carbons (Fsp3) is 0.182. The van der Waals surface area contributed by atoms with E-state index in [4.69, 9.17) is 0 Å². The second-order valence-corrected chi connectivity index (χ2v) is 8.15. The van der Waals surface area contributed by atoms with Crippen molar-refractivity contribution >= 4 is 33.9 Å². The van der Waals surface area contributed by atoms with Crippen LogP contribution in [0.4, 0.5) is 23.9 Å². The number of aromatic carboxylic acids is 1. The highest BCUT2D eigenvalue weighted by molar-refractivity contribution is 7.17. The topological polar surface area (TPSA) is 69.6 Å². The van der Waals surface area contributed by atoms with Gasteiger partial charge in [0.25, 0.3) is 5.91 Å². The second kappa shape index (κ2) is 8.07. The second-order valence-electron chi connectivity index (χ2n) is 7.05. The maximum Gasteiger partial charge on any atom is 0.416 e. The fourth-order valence-corrected chi connectivity index (χ4v) is 4.81. The highest BCUT2D eigenvalue weighted by Crippen LogP contribution is 2.39. The molecule has 1 aromatic heterocycles. The summed E-state index contributed by atoms with van der Waals surface area (Å²) in [6.45, 7) is 0.814. The van der Waals surface area contributed by atoms with Crippen LogP contribution < -0.4 is 10.2 Å². The molecule has 0 atom stereocenters. The van der Waals surface area contributed by atoms with Gasteiger partial charge < -0.3 is 15.3 Å². The Morgan fingerprint density at radius 2 is 1.71 bits per heavy atom. The van der Waals surface area contributed by atoms with Crippen LogP contribution in [0, 0.1) is 0 Å². The molecule has 4 rings (SSSR count). The maximum absolute atomic E-state index is 12.8. The van der Waals surface area contributed by atoms with Gasteiger partial charge in [-0.15, -0.1) is 11.3 Å². The Bertz CT molecular complexity index is 1130. The monoisotopic (exact) mass is 446 g/mol. The zero-order valence-corrected chi connectivity index (χ0v) is 16.9. The van der Waals surface area contributed by atoms with Crippen molar-refractivity contribution in [1.29, 1.82) is 0 Å². The number of carboxylic acid groups (broad SMARTS) is 1. The van der Waals surface area contributed by atoms with Crippen molar-refractivity contribution in [2.45, 2.75) is 19.1 Å². The van der Waals surface area contributed by atoms with Crippen molar-refractivity contribution in [2.75, 3.05) is 16.8 Å². The number of benzene rings is 2. The minimum absolute atomic E-state index is 0.0800. The molecular weight excluding hydrogens is 429 g/mol. The first-order chi connectivity index (χ1) is 14.7. The van der Waals surface area contributed by atoms with Crippen molar-refractivity contribution in [1.82, 2.24) is 0 Å². The number of nitrogens with zero attached hydrogens (tertiary/aromatic N) is 1. The number of carbonyl (C=O) groups excluding carboxylic acids is 1. The third-order valence-corrected chi connectivity index (χ3v) is 6.23. The third kappa shape index (κ3) is 4.27. The minimum atomic E-state index is -4.40. The molecule has 0 saturated carbocycles. The summed E-state index contributed by atoms with van der Waals surface area (Å²) in [7, 11) is 0. The lowest BCUT2D eigenvalue weighted by Gasteiger charge is -2.29. The molecule has 1 aliphatic rings. The smallest absolute Gasteiger partial charge is 0.416 e. The SMILES string of the molecule is O=C(Nc1sc2c(c1C(=O)O)CCN(c1ccc(C(F)(F)F)cc1)C2)c1ccccc1. The first kappa shape index (κ1) is 20.9. The Morgan fingerprint density at radius 1 is 1.03 bits per heavy atom. The molecule has 0 fully saturated rings. The summed E-state index contributed by atoms with van der Waals surface area (Å²) < 4.78 is 38.4. The fourth-order valence-electron chi connectivity index (χ4n) is 3.56. The van der Waals surface area contributed by atoms with Gasteiger partial charge in [0.2, 0.25) is 0 Å². The molecule has 0 unspecified atom stereocenters. The van der Waals surface area contributed by atoms with E-state index in [1.54, 1.807) is 30.3 Å². The van der Waals surface area contributed by atoms with Crippen LogP contribution in [-0.4, -0.2) is 23.5 Å². The summed E-state index contributed by atoms with van der Waals surface area (Å²) in [6, 6.07) is 13.4. The maximum atomic E-state index is 12.8. The minimum Gasteiger partial charge on any atom is -0.478 e. The number of halogens is 3. The zero-order valence-electron chi connectivity index (χ0n) is 16.1. The predicted molar refractivity (Wildman–Crippen MR) is 112 cm³/mol. The van der Waals surface area contributed by atoms with Gasteiger partial charge in [-0.3, -0.25) is 4.79 Å². The lowest BCUT2D eigenvalue weighted by atomic mass is 10.0. The summed E-state index contributed by atoms with van der Waals surface area (Å²) >= 11 is 1.18. The van der Waals surface area contributed by atoms with E-state index in [0.717, 1.165) is 17.0 Å². The van der Waals surface area contributed by atoms with E-state index in [1.807, 2.05) is 4.90 Å². The van der Waals surface area contributed by atoms with Crippen LogP contribution in [-0.2, 0) is 19.1 Å². The molecule has 5 nitrogen and oxygen atoms in total. The average molecular weight is 446 g/mol. The molecule has 31 heavy (non-hydrogen) atoms. The van der Waals surface area contributed by atoms with Crippen LogP contribution in [0.25, 0.3) is 0 Å². The number of thiophene rings is 1. The van der Waals surface area contributed by atoms with Gasteiger partial charge in [0.05, 0.1) is 17.7 Å². The molecule has 2 heterocycles. The number of anilines is 2. The Hall–Kier alpha value is -3.33. The number of carbonyl (C=O) groups is 2. The van der Waals surface area contributed by atoms with Gasteiger partial charge in [-0.25, -0.2) is 4.79 Å². The van der Waals surface area contributed by atoms with E-state index in [2.05, 4.69) is 5.32 Å². The molecule has 0 saturated heterocycles. The molecule has 9 heteroatoms. The molecule has 1 aliphatic heterocycles. The number of hydrogen-bond donors (Lipinski definition) is 2. The van der Waals surface area contributed by atoms with E-state index in [-0.39, 0.29) is 10.6 Å². The van der Waals surface area contributed by atoms with Crippen molar-refractivity contribution in [3.63, 3.8) is 0 Å². The number of hydrogen-bond acceptors (Lipinski definition) is 4. The summed E-state index contributed by atoms with van der Waals surface area (Å²) in [5.41, 5.74) is 1.06. The quantitative estimate of drug-likeness (QED) is 0.572. The van der Waals surface area contributed by atoms with Gasteiger partial charge in [0.1, 0.15) is 5.00 Å². The highest BCUT2D eigenvalue weighted by Gasteiger charge is 2.31. The molecule has 1 amide bonds. The average Bonchev–Trinajstić information content (AvgIpc) is 3.11. The number of amides is 1. The standard InChI is InChI=1S/C22H17F3N2O3S/c23-22(24,25)14-6-8-15(9-7-14)27-11-10-16-17(12-27)31-20(18(16)21(29)30)26-19(28)13-4-2-1-3-5-13/h1-9H,10-12H2,(H,26,28)(H,29,30). The van der Waals surface area contributed by atoms with E-state index in [9.17, 15) is 27.9 Å². The van der Waals surface area contributed by atoms with Gasteiger partial charge in [0, 0.05) is 22.7 Å².